The molecule has 5 atom stereocenters. The zero-order valence-electron chi connectivity index (χ0n) is 35.1. The highest BCUT2D eigenvalue weighted by molar-refractivity contribution is 7.90. The van der Waals surface area contributed by atoms with Gasteiger partial charge >= 0.3 is 5.97 Å². The van der Waals surface area contributed by atoms with E-state index in [1.807, 2.05) is 26.1 Å². The van der Waals surface area contributed by atoms with Crippen LogP contribution >= 0.6 is 11.6 Å². The molecule has 6 amide bonds. The van der Waals surface area contributed by atoms with Gasteiger partial charge in [-0.2, -0.15) is 0 Å². The number of ketones is 1. The number of carbonyl (C=O) groups is 8. The van der Waals surface area contributed by atoms with Crippen LogP contribution in [0.25, 0.3) is 0 Å². The molecule has 0 saturated heterocycles. The summed E-state index contributed by atoms with van der Waals surface area (Å²) in [4.78, 5) is 111. The fraction of sp³-hybridized carbons (Fsp3) is 0.550. The minimum atomic E-state index is -5.01. The molecule has 62 heavy (non-hydrogen) atoms. The molecule has 1 aliphatic rings. The summed E-state index contributed by atoms with van der Waals surface area (Å²) in [5.41, 5.74) is -0.769. The number of hydrogen-bond donors (Lipinski definition) is 7. The van der Waals surface area contributed by atoms with Crippen molar-refractivity contribution in [3.05, 3.63) is 52.8 Å². The van der Waals surface area contributed by atoms with Gasteiger partial charge in [0.25, 0.3) is 27.7 Å². The van der Waals surface area contributed by atoms with Crippen LogP contribution in [0.5, 0.6) is 0 Å². The van der Waals surface area contributed by atoms with Crippen LogP contribution in [-0.2, 0) is 38.8 Å². The number of benzene rings is 1. The molecule has 0 radical (unpaired) electrons. The van der Waals surface area contributed by atoms with Crippen LogP contribution < -0.4 is 31.3 Å². The molecule has 1 unspecified atom stereocenters. The molecule has 7 N–H and O–H groups in total. The van der Waals surface area contributed by atoms with Gasteiger partial charge in [0.15, 0.2) is 0 Å². The quantitative estimate of drug-likeness (QED) is 0.0836. The lowest BCUT2D eigenvalue weighted by molar-refractivity contribution is -0.141. The number of nitrogens with zero attached hydrogens (tertiary/aromatic N) is 2. The van der Waals surface area contributed by atoms with Crippen LogP contribution in [-0.4, -0.2) is 101 Å². The highest BCUT2D eigenvalue weighted by Crippen LogP contribution is 2.28. The summed E-state index contributed by atoms with van der Waals surface area (Å²) in [5, 5.41) is 21.3. The molecule has 2 aromatic rings. The maximum atomic E-state index is 14.4. The SMILES string of the molecule is CCC(NC(=O)[C@H](CC1CCCCC1)NC(=O)[C@@H](NC(=O)[C@H](CC(C)C)NC(=O)c1cnccn1)[C@@H](C)CC)C(=O)C(=O)NCC(=O)NS(=O)(=O)c1cc(C(=O)O)c(Cl)cc1F. The van der Waals surface area contributed by atoms with Gasteiger partial charge in [0.1, 0.15) is 34.5 Å². The summed E-state index contributed by atoms with van der Waals surface area (Å²) in [5.74, 6) is -10.4. The van der Waals surface area contributed by atoms with Crippen LogP contribution in [0, 0.1) is 23.6 Å². The summed E-state index contributed by atoms with van der Waals surface area (Å²) in [6.45, 7) is 7.66. The minimum absolute atomic E-state index is 0.00818. The van der Waals surface area contributed by atoms with Crippen LogP contribution in [0.1, 0.15) is 113 Å². The lowest BCUT2D eigenvalue weighted by Gasteiger charge is -2.31. The van der Waals surface area contributed by atoms with Gasteiger partial charge in [-0.25, -0.2) is 27.3 Å². The number of sulfonamides is 1. The van der Waals surface area contributed by atoms with Gasteiger partial charge in [-0.3, -0.25) is 38.5 Å². The summed E-state index contributed by atoms with van der Waals surface area (Å²) >= 11 is 5.66. The molecule has 0 aliphatic heterocycles. The molecule has 1 aromatic heterocycles. The molecule has 1 heterocycles. The van der Waals surface area contributed by atoms with E-state index >= 15 is 0 Å². The second kappa shape index (κ2) is 23.6. The minimum Gasteiger partial charge on any atom is -0.478 e. The van der Waals surface area contributed by atoms with Crippen LogP contribution in [0.4, 0.5) is 4.39 Å². The van der Waals surface area contributed by atoms with Gasteiger partial charge in [-0.1, -0.05) is 84.7 Å². The van der Waals surface area contributed by atoms with Crippen LogP contribution in [0.3, 0.4) is 0 Å². The van der Waals surface area contributed by atoms with Crippen molar-refractivity contribution in [1.82, 2.24) is 41.3 Å². The van der Waals surface area contributed by atoms with E-state index in [0.717, 1.165) is 32.1 Å². The van der Waals surface area contributed by atoms with Crippen molar-refractivity contribution in [3.63, 3.8) is 0 Å². The highest BCUT2D eigenvalue weighted by atomic mass is 35.5. The molecular formula is C40H54ClFN8O11S. The van der Waals surface area contributed by atoms with E-state index < -0.39 is 115 Å². The lowest BCUT2D eigenvalue weighted by Crippen LogP contribution is -2.60. The monoisotopic (exact) mass is 908 g/mol. The van der Waals surface area contributed by atoms with Crippen molar-refractivity contribution < 1.29 is 56.3 Å². The maximum Gasteiger partial charge on any atom is 0.337 e. The van der Waals surface area contributed by atoms with Gasteiger partial charge in [-0.05, 0) is 49.1 Å². The third-order valence-electron chi connectivity index (χ3n) is 10.3. The molecule has 1 saturated carbocycles. The number of aromatic nitrogens is 2. The van der Waals surface area contributed by atoms with Crippen LogP contribution in [0.15, 0.2) is 35.6 Å². The van der Waals surface area contributed by atoms with E-state index in [1.165, 1.54) is 30.2 Å². The van der Waals surface area contributed by atoms with Crippen LogP contribution in [0.2, 0.25) is 5.02 Å². The van der Waals surface area contributed by atoms with E-state index in [2.05, 4.69) is 31.2 Å². The lowest BCUT2D eigenvalue weighted by atomic mass is 9.84. The van der Waals surface area contributed by atoms with Crippen molar-refractivity contribution in [1.29, 1.82) is 0 Å². The van der Waals surface area contributed by atoms with E-state index in [9.17, 15) is 56.3 Å². The van der Waals surface area contributed by atoms with Crippen molar-refractivity contribution in [2.75, 3.05) is 6.54 Å². The normalized spacial score (nSPS) is 15.5. The number of amides is 6. The molecule has 340 valence electrons. The number of halogens is 2. The average Bonchev–Trinajstić information content (AvgIpc) is 3.22. The number of carbonyl (C=O) groups excluding carboxylic acids is 7. The first-order valence-corrected chi connectivity index (χ1v) is 22.1. The molecule has 1 aromatic carbocycles. The average molecular weight is 909 g/mol. The fourth-order valence-corrected chi connectivity index (χ4v) is 8.03. The van der Waals surface area contributed by atoms with Gasteiger partial charge < -0.3 is 31.7 Å². The first-order valence-electron chi connectivity index (χ1n) is 20.3. The summed E-state index contributed by atoms with van der Waals surface area (Å²) in [7, 11) is -5.01. The van der Waals surface area contributed by atoms with Gasteiger partial charge in [0.2, 0.25) is 23.5 Å². The Balaban J connectivity index is 1.74. The Bertz CT molecular complexity index is 2090. The number of rotatable bonds is 22. The van der Waals surface area contributed by atoms with Crippen molar-refractivity contribution in [2.24, 2.45) is 17.8 Å². The molecule has 22 heteroatoms. The van der Waals surface area contributed by atoms with Gasteiger partial charge in [-0.15, -0.1) is 0 Å². The fourth-order valence-electron chi connectivity index (χ4n) is 6.73. The number of carboxylic acids is 1. The Labute approximate surface area is 363 Å². The van der Waals surface area contributed by atoms with Crippen molar-refractivity contribution in [2.45, 2.75) is 121 Å². The van der Waals surface area contributed by atoms with Crippen molar-refractivity contribution >= 4 is 68.8 Å². The molecule has 0 spiro atoms. The zero-order valence-corrected chi connectivity index (χ0v) is 36.7. The maximum absolute atomic E-state index is 14.4. The second-order valence-corrected chi connectivity index (χ2v) is 17.6. The molecule has 1 fully saturated rings. The molecule has 19 nitrogen and oxygen atoms in total. The first kappa shape index (κ1) is 50.8. The number of aromatic carboxylic acids is 1. The van der Waals surface area contributed by atoms with Gasteiger partial charge in [0, 0.05) is 12.4 Å². The zero-order chi connectivity index (χ0) is 46.3. The number of Topliss-reactive ketones (excluding diaryl/α,β-unsaturated/α-hetero) is 1. The third kappa shape index (κ3) is 14.8. The standard InChI is InChI=1S/C40H54ClFN8O11S/c1-6-22(5)33(49-36(54)28(15-21(3)4)47-37(55)30-19-43-13-14-44-30)38(56)48-29(16-23-11-9-8-10-12-23)35(53)46-27(7-2)34(52)39(57)45-20-32(51)50-62(60,61)31-17-24(40(58)59)25(41)18-26(31)42/h13-14,17-19,21-23,27-29,33H,6-12,15-16,20H2,1-5H3,(H,45,57)(H,46,53)(H,47,55)(H,48,56)(H,49,54)(H,50,51)(H,58,59)/t22-,27?,28-,29-,33-/m0/s1. The summed E-state index contributed by atoms with van der Waals surface area (Å²) < 4.78 is 41.3. The number of carboxylic acid groups (broad SMARTS) is 1. The Morgan fingerprint density at radius 2 is 1.50 bits per heavy atom. The Morgan fingerprint density at radius 3 is 2.08 bits per heavy atom. The van der Waals surface area contributed by atoms with E-state index in [4.69, 9.17) is 11.6 Å². The number of nitrogens with one attached hydrogen (secondary N) is 6. The first-order chi connectivity index (χ1) is 29.2. The van der Waals surface area contributed by atoms with E-state index in [1.54, 1.807) is 6.92 Å². The predicted molar refractivity (Wildman–Crippen MR) is 221 cm³/mol. The molecule has 0 bridgehead atoms. The van der Waals surface area contributed by atoms with Gasteiger partial charge in [0.05, 0.1) is 29.4 Å². The van der Waals surface area contributed by atoms with E-state index in [-0.39, 0.29) is 36.8 Å². The third-order valence-corrected chi connectivity index (χ3v) is 12.0. The molecule has 1 aliphatic carbocycles. The summed E-state index contributed by atoms with van der Waals surface area (Å²) in [6, 6.07) is -4.04. The Morgan fingerprint density at radius 1 is 0.855 bits per heavy atom. The predicted octanol–water partition coefficient (Wildman–Crippen LogP) is 2.18. The molecular weight excluding hydrogens is 855 g/mol. The largest absolute Gasteiger partial charge is 0.478 e. The Kier molecular flexibility index (Phi) is 19.3. The Hall–Kier alpha value is -5.57. The second-order valence-electron chi connectivity index (χ2n) is 15.5. The van der Waals surface area contributed by atoms with E-state index in [0.29, 0.717) is 18.6 Å². The van der Waals surface area contributed by atoms with Crippen molar-refractivity contribution in [3.8, 4) is 0 Å². The highest BCUT2D eigenvalue weighted by Gasteiger charge is 2.36. The molecule has 3 rings (SSSR count). The summed E-state index contributed by atoms with van der Waals surface area (Å²) in [6.07, 6.45) is 9.05. The smallest absolute Gasteiger partial charge is 0.337 e. The number of hydrogen-bond acceptors (Lipinski definition) is 12. The topological polar surface area (TPSA) is 289 Å².